The van der Waals surface area contributed by atoms with E-state index in [9.17, 15) is 0 Å². The summed E-state index contributed by atoms with van der Waals surface area (Å²) in [6, 6.07) is 47.5. The van der Waals surface area contributed by atoms with E-state index in [1.807, 2.05) is 42.5 Å². The second-order valence-electron chi connectivity index (χ2n) is 8.53. The number of furan rings is 1. The molecule has 170 valence electrons. The fourth-order valence-corrected chi connectivity index (χ4v) is 4.28. The number of nitrogens with zero attached hydrogens (tertiary/aromatic N) is 1. The maximum atomic E-state index is 5.98. The molecule has 0 saturated carbocycles. The lowest BCUT2D eigenvalue weighted by molar-refractivity contribution is 0.631. The van der Waals surface area contributed by atoms with E-state index in [2.05, 4.69) is 114 Å². The van der Waals surface area contributed by atoms with Gasteiger partial charge in [0, 0.05) is 39.1 Å². The monoisotopic (exact) mass is 461 g/mol. The number of rotatable bonds is 4. The van der Waals surface area contributed by atoms with Crippen LogP contribution >= 0.6 is 0 Å². The lowest BCUT2D eigenvalue weighted by Gasteiger charge is -2.25. The lowest BCUT2D eigenvalue weighted by Crippen LogP contribution is -2.09. The highest BCUT2D eigenvalue weighted by Gasteiger charge is 2.11. The molecule has 0 bridgehead atoms. The minimum absolute atomic E-state index is 0.868. The van der Waals surface area contributed by atoms with E-state index < -0.39 is 0 Å². The summed E-state index contributed by atoms with van der Waals surface area (Å²) >= 11 is 0. The molecule has 2 nitrogen and oxygen atoms in total. The summed E-state index contributed by atoms with van der Waals surface area (Å²) in [5.74, 6) is 7.45. The first kappa shape index (κ1) is 21.5. The van der Waals surface area contributed by atoms with Crippen molar-refractivity contribution in [2.45, 2.75) is 0 Å². The van der Waals surface area contributed by atoms with Gasteiger partial charge in [0.2, 0.25) is 0 Å². The van der Waals surface area contributed by atoms with E-state index in [0.717, 1.165) is 50.5 Å². The summed E-state index contributed by atoms with van der Waals surface area (Å²) in [7, 11) is 0. The van der Waals surface area contributed by atoms with Crippen molar-refractivity contribution in [2.75, 3.05) is 4.90 Å². The molecular weight excluding hydrogens is 438 g/mol. The first-order chi connectivity index (χ1) is 17.8. The Hall–Kier alpha value is -5.00. The van der Waals surface area contributed by atoms with Crippen LogP contribution in [0.3, 0.4) is 0 Å². The normalized spacial score (nSPS) is 10.6. The Morgan fingerprint density at radius 2 is 0.972 bits per heavy atom. The lowest BCUT2D eigenvalue weighted by atomic mass is 10.1. The molecule has 0 aliphatic carbocycles. The van der Waals surface area contributed by atoms with Crippen molar-refractivity contribution >= 4 is 28.0 Å². The van der Waals surface area contributed by atoms with E-state index in [4.69, 9.17) is 4.42 Å². The second-order valence-corrected chi connectivity index (χ2v) is 8.53. The molecule has 0 saturated heterocycles. The number of hydrogen-bond donors (Lipinski definition) is 0. The average molecular weight is 462 g/mol. The number of fused-ring (bicyclic) bond motifs is 1. The molecule has 0 atom stereocenters. The molecular formula is C34H23NO. The molecule has 0 fully saturated rings. The van der Waals surface area contributed by atoms with Crippen LogP contribution in [0.2, 0.25) is 0 Å². The Morgan fingerprint density at radius 3 is 1.56 bits per heavy atom. The van der Waals surface area contributed by atoms with Crippen molar-refractivity contribution in [2.24, 2.45) is 0 Å². The van der Waals surface area contributed by atoms with Gasteiger partial charge in [0.1, 0.15) is 11.3 Å². The van der Waals surface area contributed by atoms with Crippen molar-refractivity contribution in [1.82, 2.24) is 0 Å². The Morgan fingerprint density at radius 1 is 0.472 bits per heavy atom. The topological polar surface area (TPSA) is 16.4 Å². The zero-order chi connectivity index (χ0) is 24.2. The van der Waals surface area contributed by atoms with E-state index >= 15 is 0 Å². The second kappa shape index (κ2) is 9.70. The first-order valence-corrected chi connectivity index (χ1v) is 11.9. The summed E-state index contributed by atoms with van der Waals surface area (Å²) < 4.78 is 5.98. The Bertz CT molecular complexity index is 1580. The molecule has 0 spiro atoms. The van der Waals surface area contributed by atoms with Gasteiger partial charge in [0.15, 0.2) is 0 Å². The summed E-state index contributed by atoms with van der Waals surface area (Å²) in [6.45, 7) is 0. The average Bonchev–Trinajstić information content (AvgIpc) is 3.39. The fraction of sp³-hybridized carbons (Fsp3) is 0. The Balaban J connectivity index is 1.23. The van der Waals surface area contributed by atoms with Crippen molar-refractivity contribution in [3.05, 3.63) is 151 Å². The van der Waals surface area contributed by atoms with Crippen LogP contribution in [0.15, 0.2) is 144 Å². The van der Waals surface area contributed by atoms with Gasteiger partial charge in [-0.1, -0.05) is 78.6 Å². The largest absolute Gasteiger partial charge is 0.456 e. The highest BCUT2D eigenvalue weighted by molar-refractivity contribution is 5.82. The molecule has 1 aromatic heterocycles. The number of para-hydroxylation sites is 3. The van der Waals surface area contributed by atoms with Gasteiger partial charge in [-0.15, -0.1) is 0 Å². The third kappa shape index (κ3) is 4.51. The molecule has 2 heteroatoms. The maximum absolute atomic E-state index is 5.98. The quantitative estimate of drug-likeness (QED) is 0.244. The molecule has 0 aliphatic rings. The van der Waals surface area contributed by atoms with Gasteiger partial charge in [-0.05, 0) is 72.8 Å². The zero-order valence-corrected chi connectivity index (χ0v) is 19.6. The van der Waals surface area contributed by atoms with Crippen LogP contribution < -0.4 is 4.90 Å². The molecule has 0 aliphatic heterocycles. The van der Waals surface area contributed by atoms with E-state index in [-0.39, 0.29) is 0 Å². The van der Waals surface area contributed by atoms with Crippen LogP contribution in [0.4, 0.5) is 17.1 Å². The number of anilines is 3. The van der Waals surface area contributed by atoms with Gasteiger partial charge in [-0.25, -0.2) is 0 Å². The molecule has 36 heavy (non-hydrogen) atoms. The molecule has 0 N–H and O–H groups in total. The minimum Gasteiger partial charge on any atom is -0.456 e. The number of hydrogen-bond acceptors (Lipinski definition) is 2. The molecule has 6 aromatic rings. The summed E-state index contributed by atoms with van der Waals surface area (Å²) in [5.41, 5.74) is 7.21. The van der Waals surface area contributed by atoms with E-state index in [1.165, 1.54) is 0 Å². The summed E-state index contributed by atoms with van der Waals surface area (Å²) in [4.78, 5) is 2.24. The van der Waals surface area contributed by atoms with Crippen LogP contribution in [0, 0.1) is 11.8 Å². The Kier molecular flexibility index (Phi) is 5.80. The highest BCUT2D eigenvalue weighted by atomic mass is 16.3. The van der Waals surface area contributed by atoms with Crippen molar-refractivity contribution in [3.63, 3.8) is 0 Å². The van der Waals surface area contributed by atoms with Crippen molar-refractivity contribution in [3.8, 4) is 23.2 Å². The summed E-state index contributed by atoms with van der Waals surface area (Å²) in [6.07, 6.45) is 0. The fourth-order valence-electron chi connectivity index (χ4n) is 4.28. The van der Waals surface area contributed by atoms with Gasteiger partial charge < -0.3 is 9.32 Å². The molecule has 6 rings (SSSR count). The standard InChI is InChI=1S/C34H23NO/c1-3-10-30(11-4-1)35(31-12-5-2-6-13-31)32-23-19-27(20-24-32)16-15-26-17-21-28(22-18-26)34-25-29-9-7-8-14-33(29)36-34/h1-14,17-25H. The van der Waals surface area contributed by atoms with Crippen molar-refractivity contribution in [1.29, 1.82) is 0 Å². The van der Waals surface area contributed by atoms with Crippen LogP contribution in [-0.4, -0.2) is 0 Å². The van der Waals surface area contributed by atoms with Crippen LogP contribution in [0.1, 0.15) is 11.1 Å². The molecule has 0 radical (unpaired) electrons. The van der Waals surface area contributed by atoms with Gasteiger partial charge >= 0.3 is 0 Å². The van der Waals surface area contributed by atoms with Gasteiger partial charge in [0.05, 0.1) is 0 Å². The van der Waals surface area contributed by atoms with E-state index in [1.54, 1.807) is 0 Å². The highest BCUT2D eigenvalue weighted by Crippen LogP contribution is 2.34. The van der Waals surface area contributed by atoms with Crippen molar-refractivity contribution < 1.29 is 4.42 Å². The molecule has 1 heterocycles. The van der Waals surface area contributed by atoms with Crippen LogP contribution in [0.25, 0.3) is 22.3 Å². The summed E-state index contributed by atoms with van der Waals surface area (Å²) in [5, 5.41) is 1.11. The third-order valence-corrected chi connectivity index (χ3v) is 6.10. The van der Waals surface area contributed by atoms with Crippen LogP contribution in [-0.2, 0) is 0 Å². The minimum atomic E-state index is 0.868. The third-order valence-electron chi connectivity index (χ3n) is 6.10. The molecule has 0 unspecified atom stereocenters. The molecule has 0 amide bonds. The SMILES string of the molecule is C(#Cc1ccc(N(c2ccccc2)c2ccccc2)cc1)c1ccc(-c2cc3ccccc3o2)cc1. The van der Waals surface area contributed by atoms with Crippen LogP contribution in [0.5, 0.6) is 0 Å². The van der Waals surface area contributed by atoms with Gasteiger partial charge in [-0.3, -0.25) is 0 Å². The van der Waals surface area contributed by atoms with Gasteiger partial charge in [-0.2, -0.15) is 0 Å². The number of benzene rings is 5. The first-order valence-electron chi connectivity index (χ1n) is 11.9. The predicted octanol–water partition coefficient (Wildman–Crippen LogP) is 8.97. The smallest absolute Gasteiger partial charge is 0.135 e. The van der Waals surface area contributed by atoms with Gasteiger partial charge in [0.25, 0.3) is 0 Å². The van der Waals surface area contributed by atoms with E-state index in [0.29, 0.717) is 0 Å². The maximum Gasteiger partial charge on any atom is 0.135 e. The molecule has 5 aromatic carbocycles. The zero-order valence-electron chi connectivity index (χ0n) is 19.6. The predicted molar refractivity (Wildman–Crippen MR) is 149 cm³/mol. The Labute approximate surface area is 211 Å².